The predicted octanol–water partition coefficient (Wildman–Crippen LogP) is 2.26. The second-order valence-corrected chi connectivity index (χ2v) is 5.51. The first-order chi connectivity index (χ1) is 9.27. The van der Waals surface area contributed by atoms with Gasteiger partial charge in [0.05, 0.1) is 0 Å². The molecule has 0 amide bonds. The van der Waals surface area contributed by atoms with Crippen LogP contribution in [0.15, 0.2) is 33.5 Å². The average Bonchev–Trinajstić information content (AvgIpc) is 2.70. The van der Waals surface area contributed by atoms with Gasteiger partial charge in [0.25, 0.3) is 0 Å². The van der Waals surface area contributed by atoms with E-state index in [1.165, 1.54) is 24.3 Å². The summed E-state index contributed by atoms with van der Waals surface area (Å²) in [5.74, 6) is -1.16. The first kappa shape index (κ1) is 14.2. The first-order valence-electron chi connectivity index (χ1n) is 6.14. The van der Waals surface area contributed by atoms with Crippen LogP contribution < -0.4 is 5.76 Å². The highest BCUT2D eigenvalue weighted by Crippen LogP contribution is 2.17. The third-order valence-electron chi connectivity index (χ3n) is 2.83. The average molecular weight is 278 g/mol. The van der Waals surface area contributed by atoms with Crippen molar-refractivity contribution in [1.82, 2.24) is 9.78 Å². The Bertz CT molecular complexity index is 678. The lowest BCUT2D eigenvalue weighted by Crippen LogP contribution is -2.29. The third-order valence-corrected chi connectivity index (χ3v) is 2.83. The molecule has 1 aromatic carbocycles. The maximum atomic E-state index is 12.8. The lowest BCUT2D eigenvalue weighted by atomic mass is 9.91. The Morgan fingerprint density at radius 3 is 2.45 bits per heavy atom. The van der Waals surface area contributed by atoms with E-state index in [0.717, 1.165) is 4.68 Å². The van der Waals surface area contributed by atoms with Gasteiger partial charge in [0.15, 0.2) is 5.78 Å². The van der Waals surface area contributed by atoms with Crippen molar-refractivity contribution in [3.63, 3.8) is 0 Å². The molecular formula is C14H15FN2O3. The lowest BCUT2D eigenvalue weighted by Gasteiger charge is -2.15. The van der Waals surface area contributed by atoms with Crippen LogP contribution in [0.25, 0.3) is 11.5 Å². The molecule has 0 aliphatic rings. The van der Waals surface area contributed by atoms with Crippen molar-refractivity contribution >= 4 is 5.78 Å². The summed E-state index contributed by atoms with van der Waals surface area (Å²) in [4.78, 5) is 23.5. The molecule has 0 bridgehead atoms. The summed E-state index contributed by atoms with van der Waals surface area (Å²) in [5, 5.41) is 3.96. The molecule has 0 aliphatic carbocycles. The van der Waals surface area contributed by atoms with E-state index in [1.807, 2.05) is 0 Å². The molecule has 0 saturated heterocycles. The second-order valence-electron chi connectivity index (χ2n) is 5.51. The molecule has 1 heterocycles. The number of carbonyl (C=O) groups excluding carboxylic acids is 1. The van der Waals surface area contributed by atoms with E-state index >= 15 is 0 Å². The monoisotopic (exact) mass is 278 g/mol. The largest absolute Gasteiger partial charge is 0.437 e. The number of rotatable bonds is 3. The normalized spacial score (nSPS) is 11.6. The molecule has 0 atom stereocenters. The van der Waals surface area contributed by atoms with Gasteiger partial charge < -0.3 is 4.42 Å². The number of ketones is 1. The van der Waals surface area contributed by atoms with Gasteiger partial charge in [-0.3, -0.25) is 4.79 Å². The summed E-state index contributed by atoms with van der Waals surface area (Å²) in [6.45, 7) is 5.15. The van der Waals surface area contributed by atoms with Crippen LogP contribution in [0.2, 0.25) is 0 Å². The Kier molecular flexibility index (Phi) is 3.57. The fraction of sp³-hybridized carbons (Fsp3) is 0.357. The van der Waals surface area contributed by atoms with E-state index in [1.54, 1.807) is 20.8 Å². The first-order valence-corrected chi connectivity index (χ1v) is 6.14. The van der Waals surface area contributed by atoms with Crippen LogP contribution >= 0.6 is 0 Å². The van der Waals surface area contributed by atoms with Crippen molar-refractivity contribution in [2.24, 2.45) is 5.41 Å². The van der Waals surface area contributed by atoms with Crippen molar-refractivity contribution in [1.29, 1.82) is 0 Å². The molecule has 0 spiro atoms. The van der Waals surface area contributed by atoms with Crippen LogP contribution in [0.3, 0.4) is 0 Å². The highest BCUT2D eigenvalue weighted by atomic mass is 19.1. The van der Waals surface area contributed by atoms with Gasteiger partial charge in [-0.25, -0.2) is 9.18 Å². The number of aromatic nitrogens is 2. The molecule has 20 heavy (non-hydrogen) atoms. The van der Waals surface area contributed by atoms with Crippen molar-refractivity contribution in [3.05, 3.63) is 40.6 Å². The third kappa shape index (κ3) is 3.01. The Morgan fingerprint density at radius 1 is 1.30 bits per heavy atom. The van der Waals surface area contributed by atoms with Gasteiger partial charge in [-0.05, 0) is 24.3 Å². The van der Waals surface area contributed by atoms with Crippen LogP contribution in [0, 0.1) is 11.2 Å². The van der Waals surface area contributed by atoms with E-state index in [9.17, 15) is 14.0 Å². The molecule has 0 saturated carbocycles. The van der Waals surface area contributed by atoms with Crippen molar-refractivity contribution in [3.8, 4) is 11.5 Å². The molecule has 0 N–H and O–H groups in total. The zero-order chi connectivity index (χ0) is 14.9. The fourth-order valence-electron chi connectivity index (χ4n) is 1.49. The van der Waals surface area contributed by atoms with Crippen LogP contribution in [-0.4, -0.2) is 15.6 Å². The molecular weight excluding hydrogens is 263 g/mol. The molecule has 5 nitrogen and oxygen atoms in total. The van der Waals surface area contributed by atoms with Gasteiger partial charge in [0.2, 0.25) is 5.89 Å². The Morgan fingerprint density at radius 2 is 1.90 bits per heavy atom. The molecule has 1 aromatic heterocycles. The second kappa shape index (κ2) is 5.03. The van der Waals surface area contributed by atoms with E-state index in [2.05, 4.69) is 5.10 Å². The number of Topliss-reactive ketones (excluding diaryl/α,β-unsaturated/α-hetero) is 1. The molecule has 0 radical (unpaired) electrons. The minimum absolute atomic E-state index is 0.0664. The summed E-state index contributed by atoms with van der Waals surface area (Å²) in [6, 6.07) is 5.40. The zero-order valence-corrected chi connectivity index (χ0v) is 11.5. The Labute approximate surface area is 115 Å². The Balaban J connectivity index is 2.28. The maximum Gasteiger partial charge on any atom is 0.437 e. The highest BCUT2D eigenvalue weighted by molar-refractivity contribution is 5.83. The molecule has 2 aromatic rings. The highest BCUT2D eigenvalue weighted by Gasteiger charge is 2.23. The predicted molar refractivity (Wildman–Crippen MR) is 70.6 cm³/mol. The van der Waals surface area contributed by atoms with E-state index in [0.29, 0.717) is 5.56 Å². The van der Waals surface area contributed by atoms with Crippen LogP contribution in [-0.2, 0) is 11.3 Å². The van der Waals surface area contributed by atoms with Gasteiger partial charge in [-0.1, -0.05) is 20.8 Å². The summed E-state index contributed by atoms with van der Waals surface area (Å²) < 4.78 is 18.8. The number of carbonyl (C=O) groups is 1. The molecule has 106 valence electrons. The lowest BCUT2D eigenvalue weighted by molar-refractivity contribution is -0.127. The van der Waals surface area contributed by atoms with Crippen molar-refractivity contribution in [2.75, 3.05) is 0 Å². The van der Waals surface area contributed by atoms with Gasteiger partial charge in [-0.15, -0.1) is 5.10 Å². The maximum absolute atomic E-state index is 12.8. The van der Waals surface area contributed by atoms with Crippen LogP contribution in [0.4, 0.5) is 4.39 Å². The minimum atomic E-state index is -0.707. The topological polar surface area (TPSA) is 65.1 Å². The molecule has 0 aliphatic heterocycles. The molecule has 0 fully saturated rings. The summed E-state index contributed by atoms with van der Waals surface area (Å²) >= 11 is 0. The smallest absolute Gasteiger partial charge is 0.388 e. The van der Waals surface area contributed by atoms with Crippen LogP contribution in [0.5, 0.6) is 0 Å². The number of benzene rings is 1. The van der Waals surface area contributed by atoms with Crippen molar-refractivity contribution in [2.45, 2.75) is 27.3 Å². The van der Waals surface area contributed by atoms with Gasteiger partial charge in [-0.2, -0.15) is 4.68 Å². The van der Waals surface area contributed by atoms with Gasteiger partial charge in [0, 0.05) is 11.0 Å². The van der Waals surface area contributed by atoms with E-state index in [-0.39, 0.29) is 18.2 Å². The van der Waals surface area contributed by atoms with Crippen LogP contribution in [0.1, 0.15) is 20.8 Å². The number of hydrogen-bond acceptors (Lipinski definition) is 4. The van der Waals surface area contributed by atoms with E-state index < -0.39 is 17.0 Å². The fourth-order valence-corrected chi connectivity index (χ4v) is 1.49. The summed E-state index contributed by atoms with van der Waals surface area (Å²) in [6.07, 6.45) is 0. The molecule has 6 heteroatoms. The minimum Gasteiger partial charge on any atom is -0.388 e. The summed E-state index contributed by atoms with van der Waals surface area (Å²) in [5.41, 5.74) is -0.0838. The summed E-state index contributed by atoms with van der Waals surface area (Å²) in [7, 11) is 0. The molecule has 2 rings (SSSR count). The SMILES string of the molecule is CC(C)(C)C(=O)Cn1nc(-c2ccc(F)cc2)oc1=O. The number of hydrogen-bond donors (Lipinski definition) is 0. The van der Waals surface area contributed by atoms with Gasteiger partial charge >= 0.3 is 5.76 Å². The number of halogens is 1. The Hall–Kier alpha value is -2.24. The standard InChI is InChI=1S/C14H15FN2O3/c1-14(2,3)11(18)8-17-13(19)20-12(16-17)9-4-6-10(15)7-5-9/h4-7H,8H2,1-3H3. The molecule has 0 unspecified atom stereocenters. The quantitative estimate of drug-likeness (QED) is 0.863. The van der Waals surface area contributed by atoms with E-state index in [4.69, 9.17) is 4.42 Å². The zero-order valence-electron chi connectivity index (χ0n) is 11.5. The van der Waals surface area contributed by atoms with Crippen molar-refractivity contribution < 1.29 is 13.6 Å². The van der Waals surface area contributed by atoms with Gasteiger partial charge in [0.1, 0.15) is 12.4 Å². The number of nitrogens with zero attached hydrogens (tertiary/aromatic N) is 2.